The van der Waals surface area contributed by atoms with Gasteiger partial charge in [-0.05, 0) is 72.9 Å². The molecule has 2 amide bonds. The molecule has 31 heavy (non-hydrogen) atoms. The number of anilines is 1. The van der Waals surface area contributed by atoms with Gasteiger partial charge in [0.25, 0.3) is 11.8 Å². The number of phenols is 1. The Morgan fingerprint density at radius 1 is 0.968 bits per heavy atom. The molecular weight excluding hydrogens is 419 g/mol. The highest BCUT2D eigenvalue weighted by Gasteiger charge is 2.34. The Kier molecular flexibility index (Phi) is 5.46. The van der Waals surface area contributed by atoms with Crippen molar-refractivity contribution in [3.8, 4) is 17.2 Å². The Morgan fingerprint density at radius 2 is 1.65 bits per heavy atom. The minimum atomic E-state index is -0.737. The maximum absolute atomic E-state index is 13.5. The Hall–Kier alpha value is -4.04. The predicted molar refractivity (Wildman–Crippen MR) is 117 cm³/mol. The fraction of sp³-hybridized carbons (Fsp3) is 0. The van der Waals surface area contributed by atoms with Gasteiger partial charge in [0.1, 0.15) is 28.6 Å². The molecule has 1 saturated heterocycles. The number of halogens is 1. The summed E-state index contributed by atoms with van der Waals surface area (Å²) in [6, 6.07) is 19.0. The average molecular weight is 434 g/mol. The summed E-state index contributed by atoms with van der Waals surface area (Å²) in [5.74, 6) is -1.11. The van der Waals surface area contributed by atoms with Crippen molar-refractivity contribution in [3.63, 3.8) is 0 Å². The topological polar surface area (TPSA) is 78.9 Å². The highest BCUT2D eigenvalue weighted by Crippen LogP contribution is 2.28. The lowest BCUT2D eigenvalue weighted by Crippen LogP contribution is -2.54. The zero-order valence-corrected chi connectivity index (χ0v) is 16.7. The number of nitrogens with one attached hydrogen (secondary N) is 1. The summed E-state index contributed by atoms with van der Waals surface area (Å²) in [6.45, 7) is 0. The van der Waals surface area contributed by atoms with Gasteiger partial charge < -0.3 is 9.84 Å². The van der Waals surface area contributed by atoms with Gasteiger partial charge >= 0.3 is 0 Å². The number of benzene rings is 3. The predicted octanol–water partition coefficient (Wildman–Crippen LogP) is 4.15. The molecule has 0 aromatic heterocycles. The number of thiocarbonyl (C=S) groups is 1. The first-order valence-electron chi connectivity index (χ1n) is 9.15. The molecule has 0 atom stereocenters. The lowest BCUT2D eigenvalue weighted by Gasteiger charge is -2.29. The van der Waals surface area contributed by atoms with Gasteiger partial charge in [0.15, 0.2) is 5.11 Å². The van der Waals surface area contributed by atoms with Gasteiger partial charge in [-0.25, -0.2) is 4.39 Å². The fourth-order valence-electron chi connectivity index (χ4n) is 2.98. The number of nitrogens with zero attached hydrogens (tertiary/aromatic N) is 1. The van der Waals surface area contributed by atoms with Gasteiger partial charge in [0.05, 0.1) is 5.69 Å². The third-order valence-electron chi connectivity index (χ3n) is 4.46. The van der Waals surface area contributed by atoms with Crippen LogP contribution in [0.4, 0.5) is 10.1 Å². The Labute approximate surface area is 182 Å². The van der Waals surface area contributed by atoms with Crippen LogP contribution in [0.5, 0.6) is 17.2 Å². The van der Waals surface area contributed by atoms with E-state index in [9.17, 15) is 19.1 Å². The minimum absolute atomic E-state index is 0.00197. The maximum atomic E-state index is 13.5. The molecule has 0 unspecified atom stereocenters. The summed E-state index contributed by atoms with van der Waals surface area (Å²) in [5, 5.41) is 12.3. The van der Waals surface area contributed by atoms with E-state index in [1.165, 1.54) is 0 Å². The fourth-order valence-corrected chi connectivity index (χ4v) is 3.26. The van der Waals surface area contributed by atoms with E-state index in [1.54, 1.807) is 24.3 Å². The Balaban J connectivity index is 1.62. The number of phenolic OH excluding ortho intramolecular Hbond substituents is 1. The van der Waals surface area contributed by atoms with Crippen molar-refractivity contribution in [2.24, 2.45) is 0 Å². The van der Waals surface area contributed by atoms with Gasteiger partial charge in [0, 0.05) is 5.56 Å². The molecule has 0 spiro atoms. The number of ether oxygens (including phenoxy) is 1. The molecule has 154 valence electrons. The first-order chi connectivity index (χ1) is 14.9. The standard InChI is InChI=1S/C23H15FN2O4S/c24-15-6-11-20(27)14(12-15)13-19-21(28)25-23(31)26(22(19)29)16-7-9-18(10-8-16)30-17-4-2-1-3-5-17/h1-13,27H,(H,25,28,31). The van der Waals surface area contributed by atoms with Crippen LogP contribution in [0.1, 0.15) is 5.56 Å². The van der Waals surface area contributed by atoms with Crippen LogP contribution in [-0.2, 0) is 9.59 Å². The molecular formula is C23H15FN2O4S. The van der Waals surface area contributed by atoms with Crippen molar-refractivity contribution in [2.75, 3.05) is 4.90 Å². The number of carbonyl (C=O) groups is 2. The molecule has 0 radical (unpaired) electrons. The zero-order chi connectivity index (χ0) is 22.0. The first kappa shape index (κ1) is 20.2. The van der Waals surface area contributed by atoms with E-state index in [-0.39, 0.29) is 22.0 Å². The molecule has 1 aliphatic rings. The number of rotatable bonds is 4. The lowest BCUT2D eigenvalue weighted by molar-refractivity contribution is -0.122. The van der Waals surface area contributed by atoms with Crippen molar-refractivity contribution in [1.29, 1.82) is 0 Å². The van der Waals surface area contributed by atoms with Gasteiger partial charge in [0.2, 0.25) is 0 Å². The van der Waals surface area contributed by atoms with Crippen LogP contribution in [0, 0.1) is 5.82 Å². The van der Waals surface area contributed by atoms with Crippen molar-refractivity contribution < 1.29 is 23.8 Å². The van der Waals surface area contributed by atoms with Crippen LogP contribution in [-0.4, -0.2) is 22.0 Å². The molecule has 3 aromatic rings. The zero-order valence-electron chi connectivity index (χ0n) is 15.9. The molecule has 2 N–H and O–H groups in total. The van der Waals surface area contributed by atoms with Crippen molar-refractivity contribution in [2.45, 2.75) is 0 Å². The van der Waals surface area contributed by atoms with E-state index in [0.29, 0.717) is 17.2 Å². The number of hydrogen-bond acceptors (Lipinski definition) is 5. The molecule has 1 fully saturated rings. The molecule has 4 rings (SSSR count). The molecule has 8 heteroatoms. The second-order valence-electron chi connectivity index (χ2n) is 6.57. The Bertz CT molecular complexity index is 1210. The van der Waals surface area contributed by atoms with Crippen LogP contribution in [0.2, 0.25) is 0 Å². The summed E-state index contributed by atoms with van der Waals surface area (Å²) in [4.78, 5) is 26.5. The summed E-state index contributed by atoms with van der Waals surface area (Å²) in [5.41, 5.74) is 0.113. The lowest BCUT2D eigenvalue weighted by atomic mass is 10.1. The van der Waals surface area contributed by atoms with Crippen LogP contribution in [0.15, 0.2) is 78.4 Å². The van der Waals surface area contributed by atoms with Gasteiger partial charge in [-0.1, -0.05) is 18.2 Å². The third-order valence-corrected chi connectivity index (χ3v) is 4.75. The SMILES string of the molecule is O=C1NC(=S)N(c2ccc(Oc3ccccc3)cc2)C(=O)C1=Cc1cc(F)ccc1O. The monoisotopic (exact) mass is 434 g/mol. The second-order valence-corrected chi connectivity index (χ2v) is 6.96. The molecule has 0 saturated carbocycles. The van der Waals surface area contributed by atoms with Crippen molar-refractivity contribution >= 4 is 40.9 Å². The highest BCUT2D eigenvalue weighted by atomic mass is 32.1. The molecule has 0 aliphatic carbocycles. The van der Waals surface area contributed by atoms with Gasteiger partial charge in [-0.2, -0.15) is 0 Å². The number of aromatic hydroxyl groups is 1. The molecule has 1 aliphatic heterocycles. The molecule has 0 bridgehead atoms. The molecule has 3 aromatic carbocycles. The van der Waals surface area contributed by atoms with E-state index in [0.717, 1.165) is 29.2 Å². The summed E-state index contributed by atoms with van der Waals surface area (Å²) >= 11 is 5.17. The normalized spacial score (nSPS) is 15.2. The van der Waals surface area contributed by atoms with E-state index < -0.39 is 17.6 Å². The number of para-hydroxylation sites is 1. The average Bonchev–Trinajstić information content (AvgIpc) is 2.75. The van der Waals surface area contributed by atoms with E-state index in [1.807, 2.05) is 30.3 Å². The molecule has 1 heterocycles. The van der Waals surface area contributed by atoms with Crippen LogP contribution < -0.4 is 15.0 Å². The third kappa shape index (κ3) is 4.29. The van der Waals surface area contributed by atoms with E-state index in [4.69, 9.17) is 17.0 Å². The smallest absolute Gasteiger partial charge is 0.270 e. The van der Waals surface area contributed by atoms with Gasteiger partial charge in [-0.3, -0.25) is 19.8 Å². The van der Waals surface area contributed by atoms with Gasteiger partial charge in [-0.15, -0.1) is 0 Å². The van der Waals surface area contributed by atoms with Crippen LogP contribution in [0.25, 0.3) is 6.08 Å². The number of amides is 2. The number of carbonyl (C=O) groups excluding carboxylic acids is 2. The molecule has 6 nitrogen and oxygen atoms in total. The quantitative estimate of drug-likeness (QED) is 0.366. The Morgan fingerprint density at radius 3 is 2.35 bits per heavy atom. The van der Waals surface area contributed by atoms with E-state index >= 15 is 0 Å². The summed E-state index contributed by atoms with van der Waals surface area (Å²) in [6.07, 6.45) is 1.12. The first-order valence-corrected chi connectivity index (χ1v) is 9.56. The maximum Gasteiger partial charge on any atom is 0.270 e. The summed E-state index contributed by atoms with van der Waals surface area (Å²) in [7, 11) is 0. The van der Waals surface area contributed by atoms with Crippen molar-refractivity contribution in [1.82, 2.24) is 5.32 Å². The van der Waals surface area contributed by atoms with Crippen LogP contribution in [0.3, 0.4) is 0 Å². The highest BCUT2D eigenvalue weighted by molar-refractivity contribution is 7.80. The minimum Gasteiger partial charge on any atom is -0.507 e. The number of hydrogen-bond donors (Lipinski definition) is 2. The van der Waals surface area contributed by atoms with E-state index in [2.05, 4.69) is 5.32 Å². The van der Waals surface area contributed by atoms with Crippen molar-refractivity contribution in [3.05, 3.63) is 89.8 Å². The van der Waals surface area contributed by atoms with Crippen LogP contribution >= 0.6 is 12.2 Å². The second kappa shape index (κ2) is 8.37. The summed E-state index contributed by atoms with van der Waals surface area (Å²) < 4.78 is 19.3. The largest absolute Gasteiger partial charge is 0.507 e.